The number of anilines is 1. The first-order chi connectivity index (χ1) is 4.61. The third kappa shape index (κ3) is 1.36. The van der Waals surface area contributed by atoms with Crippen molar-refractivity contribution in [3.63, 3.8) is 0 Å². The average molecular weight is 222 g/mol. The van der Waals surface area contributed by atoms with Crippen molar-refractivity contribution in [2.75, 3.05) is 5.73 Å². The molecule has 54 valence electrons. The molecule has 0 unspecified atom stereocenters. The Balaban J connectivity index is 3.31. The number of nitrogens with two attached hydrogens (primary N) is 1. The number of phenols is 1. The molecule has 0 saturated heterocycles. The Kier molecular flexibility index (Phi) is 2.06. The van der Waals surface area contributed by atoms with E-state index in [1.54, 1.807) is 6.07 Å². The minimum absolute atomic E-state index is 0.0240. The minimum atomic E-state index is 0.0240. The van der Waals surface area contributed by atoms with Gasteiger partial charge in [0.25, 0.3) is 0 Å². The molecule has 1 rings (SSSR count). The van der Waals surface area contributed by atoms with Crippen molar-refractivity contribution in [3.05, 3.63) is 21.6 Å². The predicted molar refractivity (Wildman–Crippen MR) is 45.2 cm³/mol. The van der Waals surface area contributed by atoms with E-state index < -0.39 is 0 Å². The van der Waals surface area contributed by atoms with Crippen molar-refractivity contribution in [3.8, 4) is 5.75 Å². The third-order valence-electron chi connectivity index (χ3n) is 1.04. The van der Waals surface area contributed by atoms with Crippen molar-refractivity contribution in [1.29, 1.82) is 0 Å². The van der Waals surface area contributed by atoms with Crippen LogP contribution in [0.1, 0.15) is 0 Å². The zero-order valence-corrected chi connectivity index (χ0v) is 7.28. The molecule has 0 spiro atoms. The van der Waals surface area contributed by atoms with E-state index in [9.17, 15) is 0 Å². The summed E-state index contributed by atoms with van der Waals surface area (Å²) in [5.74, 6) is 0.0240. The quantitative estimate of drug-likeness (QED) is 0.523. The normalized spacial score (nSPS) is 9.80. The van der Waals surface area contributed by atoms with Crippen molar-refractivity contribution in [2.45, 2.75) is 0 Å². The van der Waals surface area contributed by atoms with Crippen LogP contribution in [-0.2, 0) is 0 Å². The second-order valence-corrected chi connectivity index (χ2v) is 3.09. The Bertz CT molecular complexity index is 241. The zero-order chi connectivity index (χ0) is 7.72. The predicted octanol–water partition coefficient (Wildman–Crippen LogP) is 2.39. The highest BCUT2D eigenvalue weighted by atomic mass is 79.9. The largest absolute Gasteiger partial charge is 0.505 e. The highest BCUT2D eigenvalue weighted by molar-refractivity contribution is 9.10. The second kappa shape index (κ2) is 2.68. The summed E-state index contributed by atoms with van der Waals surface area (Å²) in [5, 5.41) is 9.35. The van der Waals surface area contributed by atoms with Crippen molar-refractivity contribution >= 4 is 33.2 Å². The lowest BCUT2D eigenvalue weighted by Crippen LogP contribution is -1.83. The maximum Gasteiger partial charge on any atom is 0.148 e. The average Bonchev–Trinajstić information content (AvgIpc) is 1.82. The molecule has 0 fully saturated rings. The number of benzene rings is 1. The van der Waals surface area contributed by atoms with Crippen LogP contribution in [0, 0.1) is 0 Å². The number of aromatic hydroxyl groups is 1. The van der Waals surface area contributed by atoms with Crippen LogP contribution in [0.15, 0.2) is 16.6 Å². The van der Waals surface area contributed by atoms with E-state index in [0.717, 1.165) is 0 Å². The summed E-state index contributed by atoms with van der Waals surface area (Å²) < 4.78 is 0.512. The van der Waals surface area contributed by atoms with Crippen LogP contribution in [0.25, 0.3) is 0 Å². The van der Waals surface area contributed by atoms with E-state index in [1.807, 2.05) is 0 Å². The van der Waals surface area contributed by atoms with Crippen LogP contribution in [0.4, 0.5) is 5.69 Å². The van der Waals surface area contributed by atoms with E-state index in [-0.39, 0.29) is 10.8 Å². The molecule has 2 nitrogen and oxygen atoms in total. The number of hydrogen-bond acceptors (Lipinski definition) is 2. The molecule has 0 radical (unpaired) electrons. The molecule has 0 bridgehead atoms. The van der Waals surface area contributed by atoms with E-state index >= 15 is 0 Å². The Morgan fingerprint density at radius 3 is 2.60 bits per heavy atom. The van der Waals surface area contributed by atoms with Crippen molar-refractivity contribution in [2.24, 2.45) is 0 Å². The van der Waals surface area contributed by atoms with Crippen molar-refractivity contribution < 1.29 is 5.11 Å². The molecule has 4 heteroatoms. The monoisotopic (exact) mass is 221 g/mol. The fourth-order valence-electron chi connectivity index (χ4n) is 0.585. The van der Waals surface area contributed by atoms with Gasteiger partial charge in [-0.1, -0.05) is 11.6 Å². The molecule has 0 aliphatic heterocycles. The fraction of sp³-hybridized carbons (Fsp3) is 0. The topological polar surface area (TPSA) is 46.2 Å². The maximum absolute atomic E-state index is 9.10. The van der Waals surface area contributed by atoms with Gasteiger partial charge in [-0.3, -0.25) is 0 Å². The van der Waals surface area contributed by atoms with E-state index in [4.69, 9.17) is 22.4 Å². The molecular weight excluding hydrogens is 217 g/mol. The third-order valence-corrected chi connectivity index (χ3v) is 1.93. The lowest BCUT2D eigenvalue weighted by Gasteiger charge is -1.99. The van der Waals surface area contributed by atoms with E-state index in [1.165, 1.54) is 6.07 Å². The number of halogens is 2. The van der Waals surface area contributed by atoms with Crippen LogP contribution in [0.3, 0.4) is 0 Å². The number of rotatable bonds is 0. The molecule has 0 heterocycles. The first-order valence-electron chi connectivity index (χ1n) is 2.54. The highest BCUT2D eigenvalue weighted by Gasteiger charge is 2.02. The van der Waals surface area contributed by atoms with Gasteiger partial charge in [0.15, 0.2) is 0 Å². The summed E-state index contributed by atoms with van der Waals surface area (Å²) in [7, 11) is 0. The van der Waals surface area contributed by atoms with Gasteiger partial charge in [0, 0.05) is 5.69 Å². The van der Waals surface area contributed by atoms with Crippen LogP contribution in [0.5, 0.6) is 5.75 Å². The lowest BCUT2D eigenvalue weighted by atomic mass is 10.3. The summed E-state index contributed by atoms with van der Waals surface area (Å²) in [5.41, 5.74) is 5.93. The van der Waals surface area contributed by atoms with Gasteiger partial charge in [0.1, 0.15) is 5.75 Å². The summed E-state index contributed by atoms with van der Waals surface area (Å²) in [6.45, 7) is 0. The molecule has 1 aromatic carbocycles. The van der Waals surface area contributed by atoms with Gasteiger partial charge in [-0.25, -0.2) is 0 Å². The molecular formula is C6H5BrClNO. The Labute approximate surface area is 71.7 Å². The molecule has 0 aromatic heterocycles. The van der Waals surface area contributed by atoms with E-state index in [2.05, 4.69) is 15.9 Å². The summed E-state index contributed by atoms with van der Waals surface area (Å²) in [6, 6.07) is 3.07. The first-order valence-corrected chi connectivity index (χ1v) is 3.72. The van der Waals surface area contributed by atoms with Crippen LogP contribution >= 0.6 is 27.5 Å². The number of hydrogen-bond donors (Lipinski definition) is 2. The van der Waals surface area contributed by atoms with Crippen LogP contribution in [-0.4, -0.2) is 5.11 Å². The molecule has 0 aliphatic carbocycles. The van der Waals surface area contributed by atoms with Crippen LogP contribution < -0.4 is 5.73 Å². The Morgan fingerprint density at radius 2 is 2.10 bits per heavy atom. The highest BCUT2D eigenvalue weighted by Crippen LogP contribution is 2.33. The van der Waals surface area contributed by atoms with Gasteiger partial charge < -0.3 is 10.8 Å². The summed E-state index contributed by atoms with van der Waals surface area (Å²) >= 11 is 8.64. The zero-order valence-electron chi connectivity index (χ0n) is 4.94. The summed E-state index contributed by atoms with van der Waals surface area (Å²) in [6.07, 6.45) is 0. The number of nitrogen functional groups attached to an aromatic ring is 1. The lowest BCUT2D eigenvalue weighted by molar-refractivity contribution is 0.472. The molecule has 1 aromatic rings. The molecule has 3 N–H and O–H groups in total. The Morgan fingerprint density at radius 1 is 1.50 bits per heavy atom. The van der Waals surface area contributed by atoms with Gasteiger partial charge in [-0.05, 0) is 28.1 Å². The van der Waals surface area contributed by atoms with Gasteiger partial charge in [-0.15, -0.1) is 0 Å². The summed E-state index contributed by atoms with van der Waals surface area (Å²) in [4.78, 5) is 0. The standard InChI is InChI=1S/C6H5BrClNO/c7-4-1-3(9)2-5(8)6(4)10/h1-2,10H,9H2. The molecule has 0 aliphatic rings. The Hall–Kier alpha value is -0.410. The fourth-order valence-corrected chi connectivity index (χ4v) is 1.40. The minimum Gasteiger partial charge on any atom is -0.505 e. The van der Waals surface area contributed by atoms with Gasteiger partial charge in [-0.2, -0.15) is 0 Å². The molecule has 0 amide bonds. The number of phenolic OH excluding ortho intramolecular Hbond substituents is 1. The maximum atomic E-state index is 9.10. The molecule has 0 atom stereocenters. The van der Waals surface area contributed by atoms with Crippen molar-refractivity contribution in [1.82, 2.24) is 0 Å². The van der Waals surface area contributed by atoms with Gasteiger partial charge >= 0.3 is 0 Å². The molecule has 10 heavy (non-hydrogen) atoms. The van der Waals surface area contributed by atoms with Crippen LogP contribution in [0.2, 0.25) is 5.02 Å². The second-order valence-electron chi connectivity index (χ2n) is 1.83. The SMILES string of the molecule is Nc1cc(Cl)c(O)c(Br)c1. The molecule has 0 saturated carbocycles. The van der Waals surface area contributed by atoms with Gasteiger partial charge in [0.05, 0.1) is 9.50 Å². The van der Waals surface area contributed by atoms with Gasteiger partial charge in [0.2, 0.25) is 0 Å². The van der Waals surface area contributed by atoms with E-state index in [0.29, 0.717) is 10.2 Å². The smallest absolute Gasteiger partial charge is 0.148 e. The first kappa shape index (κ1) is 7.69.